The van der Waals surface area contributed by atoms with E-state index in [1.54, 1.807) is 22.5 Å². The monoisotopic (exact) mass is 313 g/mol. The average molecular weight is 313 g/mol. The average Bonchev–Trinajstić information content (AvgIpc) is 2.87. The largest absolute Gasteiger partial charge is 0.480 e. The first kappa shape index (κ1) is 17.6. The molecule has 21 heavy (non-hydrogen) atoms. The van der Waals surface area contributed by atoms with Gasteiger partial charge in [-0.15, -0.1) is 0 Å². The van der Waals surface area contributed by atoms with Crippen molar-refractivity contribution in [1.29, 1.82) is 0 Å². The Kier molecular flexibility index (Phi) is 6.74. The smallest absolute Gasteiger partial charge is 0.326 e. The summed E-state index contributed by atoms with van der Waals surface area (Å²) in [5.41, 5.74) is 1.24. The fourth-order valence-corrected chi connectivity index (χ4v) is 2.34. The molecule has 0 aromatic carbocycles. The number of aromatic nitrogens is 2. The third-order valence-electron chi connectivity index (χ3n) is 3.14. The summed E-state index contributed by atoms with van der Waals surface area (Å²) in [6.07, 6.45) is 2.31. The molecule has 0 aliphatic carbocycles. The molecule has 0 fully saturated rings. The van der Waals surface area contributed by atoms with Crippen LogP contribution in [-0.4, -0.2) is 44.8 Å². The van der Waals surface area contributed by atoms with Gasteiger partial charge in [0.1, 0.15) is 11.7 Å². The van der Waals surface area contributed by atoms with E-state index in [1.165, 1.54) is 0 Å². The number of carboxylic acid groups (broad SMARTS) is 1. The minimum atomic E-state index is -1.01. The summed E-state index contributed by atoms with van der Waals surface area (Å²) in [6.45, 7) is 6.47. The molecule has 0 saturated heterocycles. The van der Waals surface area contributed by atoms with Crippen molar-refractivity contribution >= 4 is 23.6 Å². The third-order valence-corrected chi connectivity index (χ3v) is 3.78. The number of rotatable bonds is 8. The number of nitrogens with zero attached hydrogens (tertiary/aromatic N) is 2. The molecule has 0 aliphatic rings. The maximum atomic E-state index is 12.3. The fraction of sp³-hybridized carbons (Fsp3) is 0.643. The van der Waals surface area contributed by atoms with Crippen molar-refractivity contribution in [3.63, 3.8) is 0 Å². The van der Waals surface area contributed by atoms with Gasteiger partial charge >= 0.3 is 5.97 Å². The molecule has 1 heterocycles. The molecule has 0 aliphatic heterocycles. The van der Waals surface area contributed by atoms with Crippen molar-refractivity contribution in [2.24, 2.45) is 0 Å². The zero-order valence-electron chi connectivity index (χ0n) is 12.9. The van der Waals surface area contributed by atoms with E-state index in [1.807, 2.05) is 27.0 Å². The lowest BCUT2D eigenvalue weighted by molar-refractivity contribution is -0.139. The lowest BCUT2D eigenvalue weighted by atomic mass is 10.1. The van der Waals surface area contributed by atoms with Crippen molar-refractivity contribution in [3.05, 3.63) is 17.5 Å². The molecule has 6 nitrogen and oxygen atoms in total. The summed E-state index contributed by atoms with van der Waals surface area (Å²) >= 11 is 1.55. The lowest BCUT2D eigenvalue weighted by Gasteiger charge is -2.14. The third kappa shape index (κ3) is 4.77. The molecule has 1 amide bonds. The van der Waals surface area contributed by atoms with Crippen molar-refractivity contribution in [3.8, 4) is 0 Å². The Morgan fingerprint density at radius 1 is 1.48 bits per heavy atom. The van der Waals surface area contributed by atoms with E-state index in [0.29, 0.717) is 24.4 Å². The van der Waals surface area contributed by atoms with Gasteiger partial charge in [-0.2, -0.15) is 16.9 Å². The van der Waals surface area contributed by atoms with E-state index in [0.717, 1.165) is 5.69 Å². The second kappa shape index (κ2) is 8.07. The number of thioether (sulfide) groups is 1. The zero-order chi connectivity index (χ0) is 16.0. The van der Waals surface area contributed by atoms with Crippen LogP contribution < -0.4 is 5.32 Å². The molecule has 1 aromatic heterocycles. The number of aliphatic carboxylic acids is 1. The first-order chi connectivity index (χ1) is 9.90. The van der Waals surface area contributed by atoms with Crippen LogP contribution >= 0.6 is 11.8 Å². The standard InChI is InChI=1S/C14H23N3O3S/c1-5-17-12(8-11(16-17)9(2)3)13(18)15-10(14(19)20)6-7-21-4/h8-10H,5-7H2,1-4H3,(H,15,18)(H,19,20)/t10-/m0/s1. The van der Waals surface area contributed by atoms with Crippen LogP contribution in [-0.2, 0) is 11.3 Å². The van der Waals surface area contributed by atoms with Gasteiger partial charge in [-0.05, 0) is 37.3 Å². The van der Waals surface area contributed by atoms with Crippen LogP contribution in [0.1, 0.15) is 49.3 Å². The van der Waals surface area contributed by atoms with Crippen LogP contribution in [0.2, 0.25) is 0 Å². The van der Waals surface area contributed by atoms with Gasteiger partial charge in [0.15, 0.2) is 0 Å². The van der Waals surface area contributed by atoms with Gasteiger partial charge in [-0.25, -0.2) is 4.79 Å². The number of carbonyl (C=O) groups excluding carboxylic acids is 1. The normalized spacial score (nSPS) is 12.4. The summed E-state index contributed by atoms with van der Waals surface area (Å²) in [4.78, 5) is 23.5. The molecule has 118 valence electrons. The van der Waals surface area contributed by atoms with Gasteiger partial charge < -0.3 is 10.4 Å². The van der Waals surface area contributed by atoms with E-state index in [-0.39, 0.29) is 11.8 Å². The zero-order valence-corrected chi connectivity index (χ0v) is 13.7. The molecule has 0 radical (unpaired) electrons. The van der Waals surface area contributed by atoms with Gasteiger partial charge in [0.05, 0.1) is 5.69 Å². The first-order valence-corrected chi connectivity index (χ1v) is 8.40. The molecule has 0 bridgehead atoms. The van der Waals surface area contributed by atoms with Crippen molar-refractivity contribution < 1.29 is 14.7 Å². The second-order valence-corrected chi connectivity index (χ2v) is 6.06. The molecule has 0 unspecified atom stereocenters. The van der Waals surface area contributed by atoms with E-state index in [4.69, 9.17) is 5.11 Å². The topological polar surface area (TPSA) is 84.2 Å². The highest BCUT2D eigenvalue weighted by atomic mass is 32.2. The molecule has 0 spiro atoms. The van der Waals surface area contributed by atoms with Crippen LogP contribution in [0.15, 0.2) is 6.07 Å². The molecule has 7 heteroatoms. The molecular formula is C14H23N3O3S. The predicted octanol–water partition coefficient (Wildman–Crippen LogP) is 1.96. The molecule has 0 saturated carbocycles. The van der Waals surface area contributed by atoms with E-state index >= 15 is 0 Å². The Morgan fingerprint density at radius 2 is 2.14 bits per heavy atom. The van der Waals surface area contributed by atoms with Gasteiger partial charge in [-0.1, -0.05) is 13.8 Å². The molecule has 1 atom stereocenters. The van der Waals surface area contributed by atoms with Crippen molar-refractivity contribution in [1.82, 2.24) is 15.1 Å². The number of hydrogen-bond donors (Lipinski definition) is 2. The van der Waals surface area contributed by atoms with Crippen molar-refractivity contribution in [2.75, 3.05) is 12.0 Å². The molecule has 1 rings (SSSR count). The number of amides is 1. The van der Waals surface area contributed by atoms with Crippen LogP contribution in [0, 0.1) is 0 Å². The minimum Gasteiger partial charge on any atom is -0.480 e. The Labute approximate surface area is 129 Å². The predicted molar refractivity (Wildman–Crippen MR) is 83.9 cm³/mol. The summed E-state index contributed by atoms with van der Waals surface area (Å²) in [5.74, 6) is -0.494. The molecule has 2 N–H and O–H groups in total. The van der Waals surface area contributed by atoms with Gasteiger partial charge in [0, 0.05) is 6.54 Å². The van der Waals surface area contributed by atoms with Crippen molar-refractivity contribution in [2.45, 2.75) is 45.7 Å². The van der Waals surface area contributed by atoms with Gasteiger partial charge in [-0.3, -0.25) is 9.48 Å². The maximum Gasteiger partial charge on any atom is 0.326 e. The lowest BCUT2D eigenvalue weighted by Crippen LogP contribution is -2.41. The minimum absolute atomic E-state index is 0.219. The van der Waals surface area contributed by atoms with Crippen LogP contribution in [0.3, 0.4) is 0 Å². The van der Waals surface area contributed by atoms with Gasteiger partial charge in [0.2, 0.25) is 0 Å². The van der Waals surface area contributed by atoms with E-state index in [9.17, 15) is 9.59 Å². The highest BCUT2D eigenvalue weighted by Gasteiger charge is 2.23. The van der Waals surface area contributed by atoms with Crippen LogP contribution in [0.4, 0.5) is 0 Å². The number of carboxylic acids is 1. The number of carbonyl (C=O) groups is 2. The fourth-order valence-electron chi connectivity index (χ4n) is 1.87. The second-order valence-electron chi connectivity index (χ2n) is 5.07. The summed E-state index contributed by atoms with van der Waals surface area (Å²) < 4.78 is 1.61. The number of hydrogen-bond acceptors (Lipinski definition) is 4. The number of aryl methyl sites for hydroxylation is 1. The Morgan fingerprint density at radius 3 is 2.62 bits per heavy atom. The molecular weight excluding hydrogens is 290 g/mol. The highest BCUT2D eigenvalue weighted by molar-refractivity contribution is 7.98. The maximum absolute atomic E-state index is 12.3. The Bertz CT molecular complexity index is 500. The number of nitrogens with one attached hydrogen (secondary N) is 1. The molecule has 1 aromatic rings. The first-order valence-electron chi connectivity index (χ1n) is 7.01. The summed E-state index contributed by atoms with van der Waals surface area (Å²) in [7, 11) is 0. The Balaban J connectivity index is 2.88. The van der Waals surface area contributed by atoms with Crippen LogP contribution in [0.25, 0.3) is 0 Å². The summed E-state index contributed by atoms with van der Waals surface area (Å²) in [5, 5.41) is 16.1. The quantitative estimate of drug-likeness (QED) is 0.766. The van der Waals surface area contributed by atoms with E-state index < -0.39 is 12.0 Å². The highest BCUT2D eigenvalue weighted by Crippen LogP contribution is 2.15. The van der Waals surface area contributed by atoms with E-state index in [2.05, 4.69) is 10.4 Å². The van der Waals surface area contributed by atoms with Crippen LogP contribution in [0.5, 0.6) is 0 Å². The Hall–Kier alpha value is -1.50. The SMILES string of the molecule is CCn1nc(C(C)C)cc1C(=O)N[C@@H](CCSC)C(=O)O. The summed E-state index contributed by atoms with van der Waals surface area (Å²) in [6, 6.07) is 0.865. The van der Waals surface area contributed by atoms with Gasteiger partial charge in [0.25, 0.3) is 5.91 Å².